The molecular weight excluding hydrogens is 198 g/mol. The predicted molar refractivity (Wildman–Crippen MR) is 69.4 cm³/mol. The Balaban J connectivity index is 2.24. The maximum absolute atomic E-state index is 6.12. The van der Waals surface area contributed by atoms with E-state index in [0.717, 1.165) is 25.4 Å². The fourth-order valence-electron chi connectivity index (χ4n) is 2.45. The molecule has 2 atom stereocenters. The van der Waals surface area contributed by atoms with E-state index >= 15 is 0 Å². The molecule has 0 saturated heterocycles. The van der Waals surface area contributed by atoms with Crippen LogP contribution in [0.15, 0.2) is 0 Å². The molecule has 0 spiro atoms. The summed E-state index contributed by atoms with van der Waals surface area (Å²) in [6.45, 7) is 10.0. The van der Waals surface area contributed by atoms with Crippen LogP contribution in [0, 0.1) is 11.3 Å². The standard InChI is InChI=1S/C14H29NO/c1-11(2)6-5-9-16-13-10-14(3,4)8-7-12(13)15/h11-13H,5-10,15H2,1-4H3. The Kier molecular flexibility index (Phi) is 5.26. The van der Waals surface area contributed by atoms with E-state index in [9.17, 15) is 0 Å². The van der Waals surface area contributed by atoms with Crippen LogP contribution in [-0.4, -0.2) is 18.8 Å². The Hall–Kier alpha value is -0.0800. The fourth-order valence-corrected chi connectivity index (χ4v) is 2.45. The lowest BCUT2D eigenvalue weighted by Crippen LogP contribution is -2.44. The highest BCUT2D eigenvalue weighted by Gasteiger charge is 2.33. The first kappa shape index (κ1) is 14.0. The Morgan fingerprint density at radius 3 is 2.69 bits per heavy atom. The first-order valence-corrected chi connectivity index (χ1v) is 6.78. The zero-order valence-electron chi connectivity index (χ0n) is 11.5. The molecule has 1 rings (SSSR count). The van der Waals surface area contributed by atoms with Gasteiger partial charge in [0.15, 0.2) is 0 Å². The summed E-state index contributed by atoms with van der Waals surface area (Å²) < 4.78 is 5.96. The van der Waals surface area contributed by atoms with E-state index in [-0.39, 0.29) is 12.1 Å². The molecule has 2 unspecified atom stereocenters. The summed E-state index contributed by atoms with van der Waals surface area (Å²) in [4.78, 5) is 0. The first-order valence-electron chi connectivity index (χ1n) is 6.78. The SMILES string of the molecule is CC(C)CCCOC1CC(C)(C)CCC1N. The van der Waals surface area contributed by atoms with E-state index in [1.807, 2.05) is 0 Å². The average molecular weight is 227 g/mol. The molecular formula is C14H29NO. The van der Waals surface area contributed by atoms with Gasteiger partial charge in [-0.3, -0.25) is 0 Å². The van der Waals surface area contributed by atoms with Crippen LogP contribution in [-0.2, 0) is 4.74 Å². The van der Waals surface area contributed by atoms with Crippen molar-refractivity contribution in [3.63, 3.8) is 0 Å². The second-order valence-corrected chi connectivity index (χ2v) is 6.52. The zero-order chi connectivity index (χ0) is 12.2. The van der Waals surface area contributed by atoms with Gasteiger partial charge in [0, 0.05) is 12.6 Å². The second kappa shape index (κ2) is 6.02. The van der Waals surface area contributed by atoms with Crippen molar-refractivity contribution >= 4 is 0 Å². The molecule has 1 saturated carbocycles. The van der Waals surface area contributed by atoms with Crippen LogP contribution in [0.2, 0.25) is 0 Å². The lowest BCUT2D eigenvalue weighted by molar-refractivity contribution is -0.0208. The van der Waals surface area contributed by atoms with Gasteiger partial charge in [-0.2, -0.15) is 0 Å². The summed E-state index contributed by atoms with van der Waals surface area (Å²) in [5.41, 5.74) is 6.53. The van der Waals surface area contributed by atoms with Gasteiger partial charge >= 0.3 is 0 Å². The molecule has 2 N–H and O–H groups in total. The molecule has 0 radical (unpaired) electrons. The molecule has 1 aliphatic rings. The van der Waals surface area contributed by atoms with Crippen LogP contribution >= 0.6 is 0 Å². The van der Waals surface area contributed by atoms with Crippen LogP contribution in [0.1, 0.15) is 59.8 Å². The van der Waals surface area contributed by atoms with Gasteiger partial charge in [-0.05, 0) is 43.4 Å². The van der Waals surface area contributed by atoms with E-state index in [1.54, 1.807) is 0 Å². The minimum absolute atomic E-state index is 0.257. The lowest BCUT2D eigenvalue weighted by Gasteiger charge is -2.39. The maximum Gasteiger partial charge on any atom is 0.0731 e. The molecule has 0 heterocycles. The van der Waals surface area contributed by atoms with Gasteiger partial charge in [-0.15, -0.1) is 0 Å². The smallest absolute Gasteiger partial charge is 0.0731 e. The Morgan fingerprint density at radius 1 is 1.38 bits per heavy atom. The average Bonchev–Trinajstić information content (AvgIpc) is 2.17. The van der Waals surface area contributed by atoms with E-state index in [0.29, 0.717) is 5.41 Å². The lowest BCUT2D eigenvalue weighted by atomic mass is 9.74. The van der Waals surface area contributed by atoms with Crippen molar-refractivity contribution in [2.75, 3.05) is 6.61 Å². The van der Waals surface area contributed by atoms with Crippen molar-refractivity contribution in [1.82, 2.24) is 0 Å². The van der Waals surface area contributed by atoms with Gasteiger partial charge in [-0.25, -0.2) is 0 Å². The molecule has 1 fully saturated rings. The molecule has 96 valence electrons. The number of hydrogen-bond donors (Lipinski definition) is 1. The summed E-state index contributed by atoms with van der Waals surface area (Å²) in [5.74, 6) is 0.778. The number of ether oxygens (including phenoxy) is 1. The first-order chi connectivity index (χ1) is 7.41. The summed E-state index contributed by atoms with van der Waals surface area (Å²) >= 11 is 0. The fraction of sp³-hybridized carbons (Fsp3) is 1.00. The van der Waals surface area contributed by atoms with Gasteiger partial charge in [0.2, 0.25) is 0 Å². The molecule has 1 aliphatic carbocycles. The van der Waals surface area contributed by atoms with E-state index in [1.165, 1.54) is 19.3 Å². The van der Waals surface area contributed by atoms with Gasteiger partial charge in [-0.1, -0.05) is 27.7 Å². The van der Waals surface area contributed by atoms with Gasteiger partial charge in [0.25, 0.3) is 0 Å². The van der Waals surface area contributed by atoms with Crippen LogP contribution in [0.5, 0.6) is 0 Å². The number of hydrogen-bond acceptors (Lipinski definition) is 2. The van der Waals surface area contributed by atoms with E-state index in [4.69, 9.17) is 10.5 Å². The third-order valence-electron chi connectivity index (χ3n) is 3.64. The molecule has 2 heteroatoms. The van der Waals surface area contributed by atoms with Crippen LogP contribution in [0.3, 0.4) is 0 Å². The van der Waals surface area contributed by atoms with Crippen LogP contribution in [0.4, 0.5) is 0 Å². The molecule has 0 aromatic heterocycles. The van der Waals surface area contributed by atoms with Crippen molar-refractivity contribution in [2.24, 2.45) is 17.1 Å². The third kappa shape index (κ3) is 4.84. The topological polar surface area (TPSA) is 35.2 Å². The van der Waals surface area contributed by atoms with Crippen molar-refractivity contribution in [1.29, 1.82) is 0 Å². The van der Waals surface area contributed by atoms with Crippen molar-refractivity contribution in [3.05, 3.63) is 0 Å². The minimum atomic E-state index is 0.257. The number of rotatable bonds is 5. The van der Waals surface area contributed by atoms with Crippen molar-refractivity contribution in [2.45, 2.75) is 71.9 Å². The summed E-state index contributed by atoms with van der Waals surface area (Å²) in [5, 5.41) is 0. The van der Waals surface area contributed by atoms with Crippen LogP contribution in [0.25, 0.3) is 0 Å². The molecule has 2 nitrogen and oxygen atoms in total. The Labute approximate surface area is 101 Å². The minimum Gasteiger partial charge on any atom is -0.377 e. The zero-order valence-corrected chi connectivity index (χ0v) is 11.5. The molecule has 0 bridgehead atoms. The summed E-state index contributed by atoms with van der Waals surface area (Å²) in [7, 11) is 0. The molecule has 16 heavy (non-hydrogen) atoms. The molecule has 0 aromatic carbocycles. The molecule has 0 aliphatic heterocycles. The quantitative estimate of drug-likeness (QED) is 0.731. The Morgan fingerprint density at radius 2 is 2.06 bits per heavy atom. The highest BCUT2D eigenvalue weighted by molar-refractivity contribution is 4.87. The molecule has 0 amide bonds. The van der Waals surface area contributed by atoms with Crippen LogP contribution < -0.4 is 5.73 Å². The number of nitrogens with two attached hydrogens (primary N) is 1. The monoisotopic (exact) mass is 227 g/mol. The van der Waals surface area contributed by atoms with Gasteiger partial charge in [0.1, 0.15) is 0 Å². The van der Waals surface area contributed by atoms with Crippen molar-refractivity contribution < 1.29 is 4.74 Å². The van der Waals surface area contributed by atoms with Gasteiger partial charge in [0.05, 0.1) is 6.10 Å². The third-order valence-corrected chi connectivity index (χ3v) is 3.64. The summed E-state index contributed by atoms with van der Waals surface area (Å²) in [6, 6.07) is 0.257. The molecule has 0 aromatic rings. The normalized spacial score (nSPS) is 29.6. The van der Waals surface area contributed by atoms with E-state index < -0.39 is 0 Å². The second-order valence-electron chi connectivity index (χ2n) is 6.52. The van der Waals surface area contributed by atoms with E-state index in [2.05, 4.69) is 27.7 Å². The maximum atomic E-state index is 6.12. The highest BCUT2D eigenvalue weighted by Crippen LogP contribution is 2.36. The van der Waals surface area contributed by atoms with Crippen molar-refractivity contribution in [3.8, 4) is 0 Å². The predicted octanol–water partition coefficient (Wildman–Crippen LogP) is 3.35. The summed E-state index contributed by atoms with van der Waals surface area (Å²) in [6.07, 6.45) is 6.18. The largest absolute Gasteiger partial charge is 0.377 e. The van der Waals surface area contributed by atoms with Gasteiger partial charge < -0.3 is 10.5 Å². The highest BCUT2D eigenvalue weighted by atomic mass is 16.5. The Bertz CT molecular complexity index is 201.